The molecule has 1 saturated heterocycles. The van der Waals surface area contributed by atoms with Gasteiger partial charge in [-0.2, -0.15) is 0 Å². The van der Waals surface area contributed by atoms with E-state index in [0.717, 1.165) is 22.2 Å². The molecule has 2 N–H and O–H groups in total. The largest absolute Gasteiger partial charge is 0.352 e. The summed E-state index contributed by atoms with van der Waals surface area (Å²) < 4.78 is 0. The lowest BCUT2D eigenvalue weighted by Crippen LogP contribution is -2.32. The Morgan fingerprint density at radius 2 is 1.91 bits per heavy atom. The van der Waals surface area contributed by atoms with Gasteiger partial charge >= 0.3 is 0 Å². The van der Waals surface area contributed by atoms with Gasteiger partial charge in [-0.1, -0.05) is 42.5 Å². The maximum Gasteiger partial charge on any atom is 0.226 e. The molecule has 33 heavy (non-hydrogen) atoms. The number of pyridine rings is 1. The van der Waals surface area contributed by atoms with Crippen LogP contribution in [0.3, 0.4) is 0 Å². The lowest BCUT2D eigenvalue weighted by atomic mass is 10.0. The summed E-state index contributed by atoms with van der Waals surface area (Å²) in [7, 11) is 0. The number of fused-ring (bicyclic) bond motifs is 1. The maximum absolute atomic E-state index is 12.9. The number of nitrogens with zero attached hydrogens (tertiary/aromatic N) is 2. The number of amides is 1. The molecule has 2 aromatic heterocycles. The van der Waals surface area contributed by atoms with Crippen LogP contribution in [0.1, 0.15) is 34.0 Å². The molecule has 0 saturated carbocycles. The van der Waals surface area contributed by atoms with Crippen molar-refractivity contribution in [1.29, 1.82) is 0 Å². The van der Waals surface area contributed by atoms with Crippen molar-refractivity contribution >= 4 is 51.0 Å². The molecule has 2 atom stereocenters. The van der Waals surface area contributed by atoms with Crippen LogP contribution in [0.5, 0.6) is 0 Å². The summed E-state index contributed by atoms with van der Waals surface area (Å²) >= 11 is 7.46. The summed E-state index contributed by atoms with van der Waals surface area (Å²) in [6.07, 6.45) is 2.14. The van der Waals surface area contributed by atoms with Gasteiger partial charge in [0.05, 0.1) is 17.8 Å². The molecule has 1 amide bonds. The first-order valence-corrected chi connectivity index (χ1v) is 12.1. The predicted molar refractivity (Wildman–Crippen MR) is 138 cm³/mol. The molecule has 4 aromatic rings. The standard InChI is InChI=1S/C26H24N4OS2/c1-17-12-13-22(33-17)25-24(21-10-4-5-15-27-21)29-26(32)30(25)16-14-23(31)28-20-11-6-8-18-7-2-3-9-19(18)20/h2-13,15,24-25H,14,16H2,1H3,(H,28,31)(H,29,32). The number of hydrogen-bond acceptors (Lipinski definition) is 4. The van der Waals surface area contributed by atoms with Gasteiger partial charge in [0.15, 0.2) is 5.11 Å². The summed E-state index contributed by atoms with van der Waals surface area (Å²) in [6, 6.07) is 24.1. The van der Waals surface area contributed by atoms with E-state index in [4.69, 9.17) is 12.2 Å². The molecule has 1 fully saturated rings. The molecule has 2 unspecified atom stereocenters. The van der Waals surface area contributed by atoms with Crippen LogP contribution >= 0.6 is 23.6 Å². The lowest BCUT2D eigenvalue weighted by molar-refractivity contribution is -0.116. The van der Waals surface area contributed by atoms with E-state index in [1.807, 2.05) is 60.7 Å². The van der Waals surface area contributed by atoms with Gasteiger partial charge in [-0.15, -0.1) is 11.3 Å². The number of rotatable bonds is 6. The van der Waals surface area contributed by atoms with Crippen molar-refractivity contribution in [2.45, 2.75) is 25.4 Å². The highest BCUT2D eigenvalue weighted by Gasteiger charge is 2.40. The Bertz CT molecular complexity index is 1300. The Balaban J connectivity index is 1.35. The number of hydrogen-bond donors (Lipinski definition) is 2. The molecule has 5 rings (SSSR count). The van der Waals surface area contributed by atoms with E-state index < -0.39 is 0 Å². The van der Waals surface area contributed by atoms with Gasteiger partial charge in [0.25, 0.3) is 0 Å². The van der Waals surface area contributed by atoms with Gasteiger partial charge < -0.3 is 15.5 Å². The first kappa shape index (κ1) is 21.6. The fourth-order valence-corrected chi connectivity index (χ4v) is 5.70. The second-order valence-corrected chi connectivity index (χ2v) is 9.80. The highest BCUT2D eigenvalue weighted by Crippen LogP contribution is 2.41. The Hall–Kier alpha value is -3.29. The molecule has 5 nitrogen and oxygen atoms in total. The summed E-state index contributed by atoms with van der Waals surface area (Å²) in [6.45, 7) is 2.62. The second-order valence-electron chi connectivity index (χ2n) is 8.09. The quantitative estimate of drug-likeness (QED) is 0.358. The molecule has 7 heteroatoms. The molecule has 0 aliphatic carbocycles. The van der Waals surface area contributed by atoms with Gasteiger partial charge in [-0.25, -0.2) is 0 Å². The molecular formula is C26H24N4OS2. The SMILES string of the molecule is Cc1ccc(C2C(c3ccccn3)NC(=S)N2CCC(=O)Nc2cccc3ccccc23)s1. The van der Waals surface area contributed by atoms with Crippen LogP contribution in [0.15, 0.2) is 79.0 Å². The molecule has 0 spiro atoms. The first-order chi connectivity index (χ1) is 16.1. The van der Waals surface area contributed by atoms with Crippen LogP contribution < -0.4 is 10.6 Å². The summed E-state index contributed by atoms with van der Waals surface area (Å²) in [5, 5.41) is 9.32. The van der Waals surface area contributed by atoms with Crippen molar-refractivity contribution in [2.24, 2.45) is 0 Å². The molecule has 1 aliphatic heterocycles. The zero-order chi connectivity index (χ0) is 22.8. The molecule has 166 valence electrons. The Morgan fingerprint density at radius 3 is 2.70 bits per heavy atom. The topological polar surface area (TPSA) is 57.3 Å². The van der Waals surface area contributed by atoms with Crippen molar-refractivity contribution in [3.8, 4) is 0 Å². The van der Waals surface area contributed by atoms with Crippen molar-refractivity contribution < 1.29 is 4.79 Å². The minimum absolute atomic E-state index is 0.00328. The molecule has 3 heterocycles. The molecular weight excluding hydrogens is 448 g/mol. The average Bonchev–Trinajstić information content (AvgIpc) is 3.41. The Labute approximate surface area is 202 Å². The summed E-state index contributed by atoms with van der Waals surface area (Å²) in [5.74, 6) is -0.0310. The average molecular weight is 473 g/mol. The summed E-state index contributed by atoms with van der Waals surface area (Å²) in [4.78, 5) is 22.1. The first-order valence-electron chi connectivity index (χ1n) is 10.9. The minimum atomic E-state index is -0.0575. The second kappa shape index (κ2) is 9.29. The van der Waals surface area contributed by atoms with E-state index in [-0.39, 0.29) is 18.0 Å². The number of benzene rings is 2. The van der Waals surface area contributed by atoms with Crippen molar-refractivity contribution in [3.05, 3.63) is 94.4 Å². The van der Waals surface area contributed by atoms with Crippen LogP contribution in [0.25, 0.3) is 10.8 Å². The Kier molecular flexibility index (Phi) is 6.07. The van der Waals surface area contributed by atoms with Crippen LogP contribution in [0.4, 0.5) is 5.69 Å². The van der Waals surface area contributed by atoms with Crippen molar-refractivity contribution in [3.63, 3.8) is 0 Å². The normalized spacial score (nSPS) is 17.8. The van der Waals surface area contributed by atoms with Crippen LogP contribution in [0, 0.1) is 6.92 Å². The summed E-state index contributed by atoms with van der Waals surface area (Å²) in [5.41, 5.74) is 1.77. The van der Waals surface area contributed by atoms with Gasteiger partial charge in [-0.05, 0) is 54.9 Å². The zero-order valence-electron chi connectivity index (χ0n) is 18.2. The number of anilines is 1. The van der Waals surface area contributed by atoms with Crippen LogP contribution in [0.2, 0.25) is 0 Å². The molecule has 0 bridgehead atoms. The number of aromatic nitrogens is 1. The smallest absolute Gasteiger partial charge is 0.226 e. The van der Waals surface area contributed by atoms with E-state index in [9.17, 15) is 4.79 Å². The molecule has 2 aromatic carbocycles. The fraction of sp³-hybridized carbons (Fsp3) is 0.192. The number of aryl methyl sites for hydroxylation is 1. The van der Waals surface area contributed by atoms with Gasteiger partial charge in [0.2, 0.25) is 5.91 Å². The number of thiocarbonyl (C=S) groups is 1. The number of thiophene rings is 1. The van der Waals surface area contributed by atoms with E-state index in [1.165, 1.54) is 9.75 Å². The minimum Gasteiger partial charge on any atom is -0.352 e. The third-order valence-corrected chi connectivity index (χ3v) is 7.32. The van der Waals surface area contributed by atoms with Crippen molar-refractivity contribution in [2.75, 3.05) is 11.9 Å². The van der Waals surface area contributed by atoms with E-state index >= 15 is 0 Å². The zero-order valence-corrected chi connectivity index (χ0v) is 19.8. The molecule has 1 aliphatic rings. The van der Waals surface area contributed by atoms with Crippen LogP contribution in [-0.2, 0) is 4.79 Å². The predicted octanol–water partition coefficient (Wildman–Crippen LogP) is 5.61. The van der Waals surface area contributed by atoms with Gasteiger partial charge in [0.1, 0.15) is 0 Å². The van der Waals surface area contributed by atoms with E-state index in [1.54, 1.807) is 17.5 Å². The fourth-order valence-electron chi connectivity index (χ4n) is 4.34. The Morgan fingerprint density at radius 1 is 1.09 bits per heavy atom. The van der Waals surface area contributed by atoms with Gasteiger partial charge in [-0.3, -0.25) is 9.78 Å². The monoisotopic (exact) mass is 472 g/mol. The highest BCUT2D eigenvalue weighted by molar-refractivity contribution is 7.80. The lowest BCUT2D eigenvalue weighted by Gasteiger charge is -2.26. The van der Waals surface area contributed by atoms with Crippen LogP contribution in [-0.4, -0.2) is 27.4 Å². The highest BCUT2D eigenvalue weighted by atomic mass is 32.1. The number of carbonyl (C=O) groups excluding carboxylic acids is 1. The van der Waals surface area contributed by atoms with Crippen molar-refractivity contribution in [1.82, 2.24) is 15.2 Å². The molecule has 0 radical (unpaired) electrons. The third-order valence-electron chi connectivity index (χ3n) is 5.89. The van der Waals surface area contributed by atoms with E-state index in [0.29, 0.717) is 18.1 Å². The maximum atomic E-state index is 12.9. The number of carbonyl (C=O) groups is 1. The number of nitrogens with one attached hydrogen (secondary N) is 2. The van der Waals surface area contributed by atoms with Gasteiger partial charge in [0, 0.05) is 40.0 Å². The third kappa shape index (κ3) is 4.47. The van der Waals surface area contributed by atoms with E-state index in [2.05, 4.69) is 39.6 Å².